The first-order valence-corrected chi connectivity index (χ1v) is 3.66. The summed E-state index contributed by atoms with van der Waals surface area (Å²) in [6.45, 7) is 4.37. The van der Waals surface area contributed by atoms with Crippen molar-refractivity contribution >= 4 is 9.52 Å². The SMILES string of the molecule is C#C[Si]CC(C)C. The Kier molecular flexibility index (Phi) is 3.82. The van der Waals surface area contributed by atoms with E-state index in [-0.39, 0.29) is 0 Å². The van der Waals surface area contributed by atoms with Crippen molar-refractivity contribution in [3.8, 4) is 12.0 Å². The standard InChI is InChI=1S/C6H10Si/c1-4-7-5-6(2)3/h1,6H,5H2,2-3H3. The highest BCUT2D eigenvalue weighted by Crippen LogP contribution is 1.96. The summed E-state index contributed by atoms with van der Waals surface area (Å²) in [7, 11) is 0.723. The second kappa shape index (κ2) is 3.95. The van der Waals surface area contributed by atoms with Crippen LogP contribution < -0.4 is 0 Å². The molecule has 0 aliphatic carbocycles. The van der Waals surface area contributed by atoms with E-state index in [1.807, 2.05) is 0 Å². The Morgan fingerprint density at radius 3 is 2.43 bits per heavy atom. The van der Waals surface area contributed by atoms with Crippen LogP contribution in [0.3, 0.4) is 0 Å². The number of hydrogen-bond acceptors (Lipinski definition) is 0. The van der Waals surface area contributed by atoms with Crippen LogP contribution in [0.5, 0.6) is 0 Å². The van der Waals surface area contributed by atoms with Crippen LogP contribution in [-0.4, -0.2) is 9.52 Å². The Bertz CT molecular complexity index is 68.7. The smallest absolute Gasteiger partial charge is 0.139 e. The van der Waals surface area contributed by atoms with Gasteiger partial charge in [-0.05, 0) is 12.0 Å². The van der Waals surface area contributed by atoms with Crippen molar-refractivity contribution in [3.05, 3.63) is 0 Å². The molecule has 38 valence electrons. The van der Waals surface area contributed by atoms with Crippen LogP contribution in [-0.2, 0) is 0 Å². The second-order valence-corrected chi connectivity index (χ2v) is 2.97. The van der Waals surface area contributed by atoms with Crippen LogP contribution >= 0.6 is 0 Å². The van der Waals surface area contributed by atoms with Crippen LogP contribution in [0.15, 0.2) is 0 Å². The van der Waals surface area contributed by atoms with Gasteiger partial charge in [-0.25, -0.2) is 0 Å². The van der Waals surface area contributed by atoms with E-state index in [2.05, 4.69) is 19.4 Å². The van der Waals surface area contributed by atoms with Crippen LogP contribution in [0, 0.1) is 17.9 Å². The molecule has 1 heteroatoms. The van der Waals surface area contributed by atoms with Gasteiger partial charge in [0.1, 0.15) is 9.52 Å². The summed E-state index contributed by atoms with van der Waals surface area (Å²) >= 11 is 0. The van der Waals surface area contributed by atoms with E-state index in [0.29, 0.717) is 0 Å². The molecule has 0 saturated carbocycles. The summed E-state index contributed by atoms with van der Waals surface area (Å²) in [6.07, 6.45) is 5.04. The zero-order chi connectivity index (χ0) is 5.70. The molecule has 0 N–H and O–H groups in total. The zero-order valence-corrected chi connectivity index (χ0v) is 5.86. The van der Waals surface area contributed by atoms with Crippen molar-refractivity contribution < 1.29 is 0 Å². The summed E-state index contributed by atoms with van der Waals surface area (Å²) in [6, 6.07) is 1.19. The largest absolute Gasteiger partial charge is 0.147 e. The maximum Gasteiger partial charge on any atom is 0.147 e. The van der Waals surface area contributed by atoms with E-state index < -0.39 is 0 Å². The second-order valence-electron chi connectivity index (χ2n) is 1.92. The summed E-state index contributed by atoms with van der Waals surface area (Å²) in [5.74, 6) is 0.773. The van der Waals surface area contributed by atoms with E-state index in [1.165, 1.54) is 6.04 Å². The molecule has 0 atom stereocenters. The molecule has 0 amide bonds. The Balaban J connectivity index is 2.86. The number of rotatable bonds is 2. The summed E-state index contributed by atoms with van der Waals surface area (Å²) < 4.78 is 0. The lowest BCUT2D eigenvalue weighted by Crippen LogP contribution is -1.91. The summed E-state index contributed by atoms with van der Waals surface area (Å²) in [5.41, 5.74) is 2.63. The molecule has 0 aliphatic heterocycles. The minimum absolute atomic E-state index is 0.723. The van der Waals surface area contributed by atoms with Crippen molar-refractivity contribution in [2.24, 2.45) is 5.92 Å². The van der Waals surface area contributed by atoms with Crippen molar-refractivity contribution in [2.45, 2.75) is 19.9 Å². The van der Waals surface area contributed by atoms with Crippen LogP contribution in [0.4, 0.5) is 0 Å². The maximum atomic E-state index is 5.04. The monoisotopic (exact) mass is 110 g/mol. The third-order valence-electron chi connectivity index (χ3n) is 0.612. The normalized spacial score (nSPS) is 8.86. The maximum absolute atomic E-state index is 5.04. The van der Waals surface area contributed by atoms with Gasteiger partial charge in [0.2, 0.25) is 0 Å². The third kappa shape index (κ3) is 5.78. The van der Waals surface area contributed by atoms with Gasteiger partial charge in [-0.15, -0.1) is 12.0 Å². The molecule has 0 fully saturated rings. The fourth-order valence-electron chi connectivity index (χ4n) is 0.263. The molecule has 0 heterocycles. The van der Waals surface area contributed by atoms with Gasteiger partial charge < -0.3 is 0 Å². The van der Waals surface area contributed by atoms with Crippen LogP contribution in [0.2, 0.25) is 6.04 Å². The molecule has 0 unspecified atom stereocenters. The minimum atomic E-state index is 0.723. The zero-order valence-electron chi connectivity index (χ0n) is 4.86. The van der Waals surface area contributed by atoms with E-state index in [1.54, 1.807) is 0 Å². The van der Waals surface area contributed by atoms with Gasteiger partial charge in [0, 0.05) is 0 Å². The molecule has 0 nitrogen and oxygen atoms in total. The molecule has 0 saturated heterocycles. The predicted molar refractivity (Wildman–Crippen MR) is 34.2 cm³/mol. The molecule has 0 rings (SSSR count). The lowest BCUT2D eigenvalue weighted by Gasteiger charge is -1.94. The summed E-state index contributed by atoms with van der Waals surface area (Å²) in [4.78, 5) is 0. The van der Waals surface area contributed by atoms with Crippen LogP contribution in [0.1, 0.15) is 13.8 Å². The highest BCUT2D eigenvalue weighted by Gasteiger charge is 1.89. The number of hydrogen-bond donors (Lipinski definition) is 0. The Morgan fingerprint density at radius 2 is 2.29 bits per heavy atom. The predicted octanol–water partition coefficient (Wildman–Crippen LogP) is 1.36. The van der Waals surface area contributed by atoms with Gasteiger partial charge >= 0.3 is 0 Å². The van der Waals surface area contributed by atoms with E-state index in [9.17, 15) is 0 Å². The van der Waals surface area contributed by atoms with Crippen molar-refractivity contribution in [3.63, 3.8) is 0 Å². The van der Waals surface area contributed by atoms with Crippen LogP contribution in [0.25, 0.3) is 0 Å². The van der Waals surface area contributed by atoms with Gasteiger partial charge in [-0.1, -0.05) is 13.8 Å². The van der Waals surface area contributed by atoms with Crippen molar-refractivity contribution in [1.29, 1.82) is 0 Å². The Hall–Kier alpha value is -0.223. The van der Waals surface area contributed by atoms with Gasteiger partial charge in [-0.3, -0.25) is 0 Å². The summed E-state index contributed by atoms with van der Waals surface area (Å²) in [5, 5.41) is 0. The van der Waals surface area contributed by atoms with E-state index >= 15 is 0 Å². The molecule has 0 aliphatic rings. The van der Waals surface area contributed by atoms with Gasteiger partial charge in [0.25, 0.3) is 0 Å². The van der Waals surface area contributed by atoms with Crippen molar-refractivity contribution in [1.82, 2.24) is 0 Å². The fraction of sp³-hybridized carbons (Fsp3) is 0.667. The van der Waals surface area contributed by atoms with E-state index in [4.69, 9.17) is 6.42 Å². The molecule has 7 heavy (non-hydrogen) atoms. The third-order valence-corrected chi connectivity index (χ3v) is 1.84. The molecular weight excluding hydrogens is 100 g/mol. The van der Waals surface area contributed by atoms with E-state index in [0.717, 1.165) is 15.4 Å². The topological polar surface area (TPSA) is 0 Å². The molecule has 0 aromatic heterocycles. The minimum Gasteiger partial charge on any atom is -0.139 e. The van der Waals surface area contributed by atoms with Gasteiger partial charge in [0.15, 0.2) is 0 Å². The highest BCUT2D eigenvalue weighted by atomic mass is 28.2. The average Bonchev–Trinajstić information content (AvgIpc) is 1.61. The Morgan fingerprint density at radius 1 is 1.71 bits per heavy atom. The Labute approximate surface area is 48.1 Å². The highest BCUT2D eigenvalue weighted by molar-refractivity contribution is 6.45. The quantitative estimate of drug-likeness (QED) is 0.372. The fourth-order valence-corrected chi connectivity index (χ4v) is 0.789. The molecular formula is C6H10Si. The molecule has 0 aromatic carbocycles. The number of terminal acetylenes is 1. The van der Waals surface area contributed by atoms with Gasteiger partial charge in [-0.2, -0.15) is 0 Å². The lowest BCUT2D eigenvalue weighted by atomic mass is 10.3. The average molecular weight is 110 g/mol. The first kappa shape index (κ1) is 6.78. The molecule has 0 bridgehead atoms. The van der Waals surface area contributed by atoms with Gasteiger partial charge in [0.05, 0.1) is 0 Å². The lowest BCUT2D eigenvalue weighted by molar-refractivity contribution is 0.733. The molecule has 0 spiro atoms. The first-order chi connectivity index (χ1) is 3.27. The molecule has 2 radical (unpaired) electrons. The first-order valence-electron chi connectivity index (χ1n) is 2.46. The van der Waals surface area contributed by atoms with Crippen molar-refractivity contribution in [2.75, 3.05) is 0 Å². The molecule has 0 aromatic rings.